The van der Waals surface area contributed by atoms with Crippen molar-refractivity contribution in [2.45, 2.75) is 32.6 Å². The third-order valence-electron chi connectivity index (χ3n) is 6.59. The van der Waals surface area contributed by atoms with Crippen LogP contribution in [-0.2, 0) is 32.8 Å². The zero-order valence-electron chi connectivity index (χ0n) is 24.1. The summed E-state index contributed by atoms with van der Waals surface area (Å²) in [7, 11) is -3.78. The lowest BCUT2D eigenvalue weighted by molar-refractivity contribution is -0.121. The molecule has 0 unspecified atom stereocenters. The van der Waals surface area contributed by atoms with E-state index in [9.17, 15) is 18.0 Å². The maximum atomic E-state index is 13.5. The number of aryl methyl sites for hydroxylation is 1. The van der Waals surface area contributed by atoms with E-state index in [0.29, 0.717) is 33.4 Å². The second kappa shape index (κ2) is 14.7. The number of rotatable bonds is 13. The normalized spacial score (nSPS) is 12.1. The molecule has 4 rings (SSSR count). The molecular weight excluding hydrogens is 608 g/mol. The highest BCUT2D eigenvalue weighted by molar-refractivity contribution is 7.98. The molecule has 0 bridgehead atoms. The molecule has 11 heteroatoms. The fourth-order valence-electron chi connectivity index (χ4n) is 4.47. The van der Waals surface area contributed by atoms with Crippen molar-refractivity contribution in [2.24, 2.45) is 0 Å². The van der Waals surface area contributed by atoms with Gasteiger partial charge in [0.1, 0.15) is 24.2 Å². The number of hydrogen-bond acceptors (Lipinski definition) is 7. The van der Waals surface area contributed by atoms with E-state index in [-0.39, 0.29) is 19.6 Å². The third-order valence-corrected chi connectivity index (χ3v) is 8.05. The fraction of sp³-hybridized carbons (Fsp3) is 0.250. The monoisotopic (exact) mass is 640 g/mol. The first-order valence-corrected chi connectivity index (χ1v) is 17.1. The molecule has 0 aliphatic carbocycles. The number of furan rings is 1. The van der Waals surface area contributed by atoms with Gasteiger partial charge >= 0.3 is 0 Å². The largest absolute Gasteiger partial charge is 0.459 e. The molecule has 8 nitrogen and oxygen atoms in total. The Bertz CT molecular complexity index is 1690. The summed E-state index contributed by atoms with van der Waals surface area (Å²) in [6, 6.07) is 23.2. The molecule has 0 spiro atoms. The van der Waals surface area contributed by atoms with Crippen LogP contribution in [0.25, 0.3) is 22.5 Å². The Morgan fingerprint density at radius 3 is 2.42 bits per heavy atom. The Labute approximate surface area is 261 Å². The smallest absolute Gasteiger partial charge is 0.256 e. The van der Waals surface area contributed by atoms with Crippen molar-refractivity contribution in [2.75, 3.05) is 18.3 Å². The lowest BCUT2D eigenvalue weighted by atomic mass is 9.93. The van der Waals surface area contributed by atoms with Crippen LogP contribution >= 0.6 is 23.4 Å². The second-order valence-corrected chi connectivity index (χ2v) is 13.2. The molecule has 0 aliphatic rings. The molecule has 0 radical (unpaired) electrons. The molecular formula is C32H33ClN2O6S2. The van der Waals surface area contributed by atoms with Crippen molar-refractivity contribution >= 4 is 45.2 Å². The van der Waals surface area contributed by atoms with Crippen molar-refractivity contribution in [3.8, 4) is 22.5 Å². The Morgan fingerprint density at radius 2 is 1.72 bits per heavy atom. The number of hydrogen-bond donors (Lipinski definition) is 2. The topological polar surface area (TPSA) is 115 Å². The number of benzene rings is 3. The summed E-state index contributed by atoms with van der Waals surface area (Å²) in [4.78, 5) is 26.2. The molecule has 1 heterocycles. The lowest BCUT2D eigenvalue weighted by Crippen LogP contribution is -2.48. The van der Waals surface area contributed by atoms with Crippen LogP contribution in [0.1, 0.15) is 33.7 Å². The van der Waals surface area contributed by atoms with Crippen LogP contribution in [0.5, 0.6) is 0 Å². The Balaban J connectivity index is 1.52. The van der Waals surface area contributed by atoms with E-state index < -0.39 is 27.9 Å². The zero-order chi connectivity index (χ0) is 31.0. The summed E-state index contributed by atoms with van der Waals surface area (Å²) in [5, 5.41) is 3.40. The van der Waals surface area contributed by atoms with E-state index >= 15 is 0 Å². The second-order valence-electron chi connectivity index (χ2n) is 10.0. The fourth-order valence-corrected chi connectivity index (χ4v) is 5.57. The van der Waals surface area contributed by atoms with Crippen molar-refractivity contribution in [1.29, 1.82) is 0 Å². The average molecular weight is 641 g/mol. The van der Waals surface area contributed by atoms with Crippen LogP contribution in [0.3, 0.4) is 0 Å². The number of carbonyl (C=O) groups excluding carboxylic acids is 2. The van der Waals surface area contributed by atoms with E-state index in [1.54, 1.807) is 24.3 Å². The van der Waals surface area contributed by atoms with Gasteiger partial charge in [-0.3, -0.25) is 14.3 Å². The highest BCUT2D eigenvalue weighted by Crippen LogP contribution is 2.29. The molecule has 2 N–H and O–H groups in total. The maximum absolute atomic E-state index is 13.5. The first kappa shape index (κ1) is 32.3. The SMILES string of the molecule is CSCC[C@@H](NC(=O)c1ccc(COCc2ccc(-c3ccc(Cl)cc3)o2)cc1-c1ccccc1C)C(=O)NS(C)(=O)=O. The summed E-state index contributed by atoms with van der Waals surface area (Å²) in [6.07, 6.45) is 3.04. The van der Waals surface area contributed by atoms with E-state index in [4.69, 9.17) is 20.8 Å². The van der Waals surface area contributed by atoms with Gasteiger partial charge < -0.3 is 14.5 Å². The molecule has 4 aromatic rings. The quantitative estimate of drug-likeness (QED) is 0.178. The number of nitrogens with one attached hydrogen (secondary N) is 2. The van der Waals surface area contributed by atoms with Gasteiger partial charge in [0.05, 0.1) is 12.9 Å². The van der Waals surface area contributed by atoms with Crippen molar-refractivity contribution in [3.05, 3.63) is 106 Å². The van der Waals surface area contributed by atoms with Crippen molar-refractivity contribution < 1.29 is 27.2 Å². The van der Waals surface area contributed by atoms with Crippen LogP contribution < -0.4 is 10.0 Å². The third kappa shape index (κ3) is 9.21. The van der Waals surface area contributed by atoms with E-state index in [1.165, 1.54) is 11.8 Å². The predicted octanol–water partition coefficient (Wildman–Crippen LogP) is 6.22. The molecule has 43 heavy (non-hydrogen) atoms. The summed E-state index contributed by atoms with van der Waals surface area (Å²) < 4.78 is 37.2. The number of ether oxygens (including phenoxy) is 1. The minimum atomic E-state index is -3.78. The number of carbonyl (C=O) groups is 2. The highest BCUT2D eigenvalue weighted by Gasteiger charge is 2.25. The summed E-state index contributed by atoms with van der Waals surface area (Å²) in [5.41, 5.74) is 4.61. The first-order chi connectivity index (χ1) is 20.5. The minimum Gasteiger partial charge on any atom is -0.459 e. The number of halogens is 1. The molecule has 1 atom stereocenters. The Morgan fingerprint density at radius 1 is 0.977 bits per heavy atom. The van der Waals surface area contributed by atoms with E-state index in [2.05, 4.69) is 5.32 Å². The van der Waals surface area contributed by atoms with Gasteiger partial charge in [0.25, 0.3) is 11.8 Å². The zero-order valence-corrected chi connectivity index (χ0v) is 26.4. The van der Waals surface area contributed by atoms with Crippen LogP contribution in [0.4, 0.5) is 0 Å². The Kier molecular flexibility index (Phi) is 11.1. The van der Waals surface area contributed by atoms with Gasteiger partial charge in [0, 0.05) is 16.1 Å². The molecule has 0 aliphatic heterocycles. The van der Waals surface area contributed by atoms with Crippen LogP contribution in [-0.4, -0.2) is 44.5 Å². The van der Waals surface area contributed by atoms with Gasteiger partial charge in [-0.25, -0.2) is 8.42 Å². The molecule has 3 aromatic carbocycles. The minimum absolute atomic E-state index is 0.252. The van der Waals surface area contributed by atoms with Gasteiger partial charge in [-0.15, -0.1) is 0 Å². The van der Waals surface area contributed by atoms with E-state index in [0.717, 1.165) is 28.5 Å². The standard InChI is InChI=1S/C32H33ClN2O6S2/c1-21-6-4-5-7-26(21)28-18-22(19-40-20-25-13-15-30(41-25)23-9-11-24(33)12-10-23)8-14-27(28)31(36)34-29(16-17-42-2)32(37)35-43(3,38)39/h4-15,18,29H,16-17,19-20H2,1-3H3,(H,34,36)(H,35,37)/t29-/m1/s1. The Hall–Kier alpha value is -3.57. The lowest BCUT2D eigenvalue weighted by Gasteiger charge is -2.19. The molecule has 0 fully saturated rings. The first-order valence-electron chi connectivity index (χ1n) is 13.5. The molecule has 0 saturated heterocycles. The molecule has 226 valence electrons. The van der Waals surface area contributed by atoms with Gasteiger partial charge in [0.15, 0.2) is 0 Å². The van der Waals surface area contributed by atoms with Gasteiger partial charge in [-0.05, 0) is 96.1 Å². The van der Waals surface area contributed by atoms with Gasteiger partial charge in [0.2, 0.25) is 10.0 Å². The van der Waals surface area contributed by atoms with Crippen molar-refractivity contribution in [3.63, 3.8) is 0 Å². The average Bonchev–Trinajstić information content (AvgIpc) is 3.43. The summed E-state index contributed by atoms with van der Waals surface area (Å²) in [6.45, 7) is 2.48. The highest BCUT2D eigenvalue weighted by atomic mass is 35.5. The summed E-state index contributed by atoms with van der Waals surface area (Å²) in [5.74, 6) is 0.687. The van der Waals surface area contributed by atoms with Crippen LogP contribution in [0.2, 0.25) is 5.02 Å². The predicted molar refractivity (Wildman–Crippen MR) is 172 cm³/mol. The summed E-state index contributed by atoms with van der Waals surface area (Å²) >= 11 is 7.47. The van der Waals surface area contributed by atoms with Gasteiger partial charge in [-0.1, -0.05) is 41.9 Å². The molecule has 1 aromatic heterocycles. The molecule has 2 amide bonds. The van der Waals surface area contributed by atoms with Gasteiger partial charge in [-0.2, -0.15) is 11.8 Å². The van der Waals surface area contributed by atoms with Crippen LogP contribution in [0.15, 0.2) is 83.3 Å². The number of sulfonamides is 1. The molecule has 0 saturated carbocycles. The van der Waals surface area contributed by atoms with E-state index in [1.807, 2.05) is 72.5 Å². The maximum Gasteiger partial charge on any atom is 0.256 e. The van der Waals surface area contributed by atoms with Crippen molar-refractivity contribution in [1.82, 2.24) is 10.0 Å². The number of thioether (sulfide) groups is 1. The van der Waals surface area contributed by atoms with Crippen LogP contribution in [0, 0.1) is 6.92 Å². The number of amides is 2.